The van der Waals surface area contributed by atoms with Crippen molar-refractivity contribution in [1.29, 1.82) is 0 Å². The largest absolute Gasteiger partial charge is 0.388 e. The van der Waals surface area contributed by atoms with E-state index in [9.17, 15) is 5.11 Å². The fraction of sp³-hybridized carbons (Fsp3) is 0.417. The van der Waals surface area contributed by atoms with Gasteiger partial charge in [-0.2, -0.15) is 0 Å². The standard InChI is InChI=1S/C24H32O3/c1-17-16-19(10-11-20(17)14-15-22(25)24(2,3)4)7-5-6-18-8-12-21(13-9-18)23(26)27/h8-16,22-23,25-27H,5-7H2,1-4H3. The molecule has 0 fully saturated rings. The van der Waals surface area contributed by atoms with Gasteiger partial charge >= 0.3 is 0 Å². The molecule has 0 bridgehead atoms. The lowest BCUT2D eigenvalue weighted by molar-refractivity contribution is -0.0424. The Balaban J connectivity index is 1.91. The van der Waals surface area contributed by atoms with E-state index in [1.54, 1.807) is 12.1 Å². The van der Waals surface area contributed by atoms with Crippen molar-refractivity contribution in [3.63, 3.8) is 0 Å². The van der Waals surface area contributed by atoms with Gasteiger partial charge in [-0.1, -0.05) is 75.4 Å². The third-order valence-corrected chi connectivity index (χ3v) is 4.89. The lowest BCUT2D eigenvalue weighted by atomic mass is 9.88. The average Bonchev–Trinajstić information content (AvgIpc) is 2.60. The topological polar surface area (TPSA) is 60.7 Å². The van der Waals surface area contributed by atoms with Crippen LogP contribution in [0, 0.1) is 12.3 Å². The zero-order valence-corrected chi connectivity index (χ0v) is 16.8. The Morgan fingerprint density at radius 2 is 1.48 bits per heavy atom. The zero-order valence-electron chi connectivity index (χ0n) is 16.8. The number of aliphatic hydroxyl groups excluding tert-OH is 2. The SMILES string of the molecule is Cc1cc(CCCc2ccc(C(O)O)cc2)ccc1C=CC(O)C(C)(C)C. The molecule has 2 rings (SSSR count). The Hall–Kier alpha value is -1.94. The molecule has 146 valence electrons. The summed E-state index contributed by atoms with van der Waals surface area (Å²) in [6.45, 7) is 8.18. The van der Waals surface area contributed by atoms with E-state index in [2.05, 4.69) is 25.1 Å². The fourth-order valence-corrected chi connectivity index (χ4v) is 2.92. The van der Waals surface area contributed by atoms with E-state index in [1.807, 2.05) is 45.1 Å². The van der Waals surface area contributed by atoms with Gasteiger partial charge in [-0.15, -0.1) is 0 Å². The minimum absolute atomic E-state index is 0.155. The smallest absolute Gasteiger partial charge is 0.178 e. The van der Waals surface area contributed by atoms with Crippen molar-refractivity contribution < 1.29 is 15.3 Å². The third-order valence-electron chi connectivity index (χ3n) is 4.89. The Bertz CT molecular complexity index is 752. The second-order valence-electron chi connectivity index (χ2n) is 8.33. The van der Waals surface area contributed by atoms with E-state index in [0.29, 0.717) is 5.56 Å². The maximum absolute atomic E-state index is 10.1. The number of aliphatic hydroxyl groups is 3. The summed E-state index contributed by atoms with van der Waals surface area (Å²) in [6, 6.07) is 13.9. The van der Waals surface area contributed by atoms with Crippen LogP contribution in [0.5, 0.6) is 0 Å². The third kappa shape index (κ3) is 6.62. The van der Waals surface area contributed by atoms with Gasteiger partial charge in [0.2, 0.25) is 0 Å². The minimum Gasteiger partial charge on any atom is -0.388 e. The van der Waals surface area contributed by atoms with Crippen LogP contribution in [0.3, 0.4) is 0 Å². The molecule has 0 aliphatic rings. The van der Waals surface area contributed by atoms with Crippen molar-refractivity contribution in [2.24, 2.45) is 5.41 Å². The van der Waals surface area contributed by atoms with Crippen LogP contribution in [-0.4, -0.2) is 21.4 Å². The predicted molar refractivity (Wildman–Crippen MR) is 111 cm³/mol. The van der Waals surface area contributed by atoms with E-state index in [4.69, 9.17) is 10.2 Å². The highest BCUT2D eigenvalue weighted by atomic mass is 16.5. The highest BCUT2D eigenvalue weighted by molar-refractivity contribution is 5.54. The average molecular weight is 369 g/mol. The van der Waals surface area contributed by atoms with Gasteiger partial charge in [0.25, 0.3) is 0 Å². The molecule has 3 heteroatoms. The molecule has 0 spiro atoms. The summed E-state index contributed by atoms with van der Waals surface area (Å²) in [5.41, 5.74) is 5.23. The van der Waals surface area contributed by atoms with Crippen LogP contribution in [0.2, 0.25) is 0 Å². The van der Waals surface area contributed by atoms with E-state index in [0.717, 1.165) is 24.8 Å². The molecule has 2 aromatic rings. The first-order chi connectivity index (χ1) is 12.7. The highest BCUT2D eigenvalue weighted by Gasteiger charge is 2.18. The fourth-order valence-electron chi connectivity index (χ4n) is 2.92. The molecule has 3 N–H and O–H groups in total. The van der Waals surface area contributed by atoms with Crippen molar-refractivity contribution in [3.05, 3.63) is 76.4 Å². The summed E-state index contributed by atoms with van der Waals surface area (Å²) in [6.07, 6.45) is 5.01. The summed E-state index contributed by atoms with van der Waals surface area (Å²) in [7, 11) is 0. The van der Waals surface area contributed by atoms with Crippen molar-refractivity contribution in [2.75, 3.05) is 0 Å². The molecular weight excluding hydrogens is 336 g/mol. The molecule has 1 atom stereocenters. The molecule has 0 amide bonds. The molecule has 0 aromatic heterocycles. The maximum Gasteiger partial charge on any atom is 0.178 e. The zero-order chi connectivity index (χ0) is 20.0. The maximum atomic E-state index is 10.1. The Labute approximate surface area is 163 Å². The van der Waals surface area contributed by atoms with E-state index >= 15 is 0 Å². The van der Waals surface area contributed by atoms with Gasteiger partial charge in [0.15, 0.2) is 6.29 Å². The molecule has 2 aromatic carbocycles. The molecule has 0 saturated carbocycles. The van der Waals surface area contributed by atoms with Crippen molar-refractivity contribution in [3.8, 4) is 0 Å². The van der Waals surface area contributed by atoms with Gasteiger partial charge in [0, 0.05) is 5.56 Å². The van der Waals surface area contributed by atoms with Crippen LogP contribution in [0.1, 0.15) is 61.3 Å². The quantitative estimate of drug-likeness (QED) is 0.627. The summed E-state index contributed by atoms with van der Waals surface area (Å²) in [5.74, 6) is 0. The molecule has 0 radical (unpaired) electrons. The molecular formula is C24H32O3. The van der Waals surface area contributed by atoms with Crippen LogP contribution in [0.4, 0.5) is 0 Å². The molecule has 3 nitrogen and oxygen atoms in total. The number of benzene rings is 2. The van der Waals surface area contributed by atoms with Gasteiger partial charge in [0.05, 0.1) is 6.10 Å². The highest BCUT2D eigenvalue weighted by Crippen LogP contribution is 2.22. The molecule has 0 aliphatic heterocycles. The monoisotopic (exact) mass is 368 g/mol. The lowest BCUT2D eigenvalue weighted by Gasteiger charge is -2.22. The van der Waals surface area contributed by atoms with Crippen LogP contribution in [-0.2, 0) is 12.8 Å². The van der Waals surface area contributed by atoms with Crippen LogP contribution in [0.25, 0.3) is 6.08 Å². The van der Waals surface area contributed by atoms with Crippen molar-refractivity contribution in [2.45, 2.75) is 59.4 Å². The summed E-state index contributed by atoms with van der Waals surface area (Å²) < 4.78 is 0. The molecule has 0 saturated heterocycles. The molecule has 1 unspecified atom stereocenters. The first-order valence-electron chi connectivity index (χ1n) is 9.57. The van der Waals surface area contributed by atoms with Gasteiger partial charge in [0.1, 0.15) is 0 Å². The minimum atomic E-state index is -1.40. The summed E-state index contributed by atoms with van der Waals surface area (Å²) in [4.78, 5) is 0. The first-order valence-corrected chi connectivity index (χ1v) is 9.57. The Morgan fingerprint density at radius 1 is 0.889 bits per heavy atom. The lowest BCUT2D eigenvalue weighted by Crippen LogP contribution is -2.23. The van der Waals surface area contributed by atoms with Crippen LogP contribution >= 0.6 is 0 Å². The number of rotatable bonds is 7. The number of hydrogen-bond donors (Lipinski definition) is 3. The predicted octanol–water partition coefficient (Wildman–Crippen LogP) is 4.57. The second-order valence-corrected chi connectivity index (χ2v) is 8.33. The normalized spacial score (nSPS) is 13.5. The molecule has 0 heterocycles. The number of aryl methyl sites for hydroxylation is 3. The molecule has 27 heavy (non-hydrogen) atoms. The summed E-state index contributed by atoms with van der Waals surface area (Å²) in [5, 5.41) is 28.4. The Morgan fingerprint density at radius 3 is 2.04 bits per heavy atom. The van der Waals surface area contributed by atoms with Crippen molar-refractivity contribution in [1.82, 2.24) is 0 Å². The number of hydrogen-bond acceptors (Lipinski definition) is 3. The van der Waals surface area contributed by atoms with Crippen molar-refractivity contribution >= 4 is 6.08 Å². The first kappa shape index (κ1) is 21.4. The summed E-state index contributed by atoms with van der Waals surface area (Å²) >= 11 is 0. The second kappa shape index (κ2) is 9.32. The van der Waals surface area contributed by atoms with Gasteiger partial charge in [-0.05, 0) is 53.9 Å². The van der Waals surface area contributed by atoms with Gasteiger partial charge in [-0.3, -0.25) is 0 Å². The van der Waals surface area contributed by atoms with Crippen LogP contribution in [0.15, 0.2) is 48.5 Å². The van der Waals surface area contributed by atoms with E-state index < -0.39 is 12.4 Å². The van der Waals surface area contributed by atoms with E-state index in [-0.39, 0.29) is 5.41 Å². The van der Waals surface area contributed by atoms with E-state index in [1.165, 1.54) is 16.7 Å². The van der Waals surface area contributed by atoms with Gasteiger partial charge in [-0.25, -0.2) is 0 Å². The Kier molecular flexibility index (Phi) is 7.37. The molecule has 0 aliphatic carbocycles. The van der Waals surface area contributed by atoms with Crippen LogP contribution < -0.4 is 0 Å². The van der Waals surface area contributed by atoms with Gasteiger partial charge < -0.3 is 15.3 Å².